The highest BCUT2D eigenvalue weighted by molar-refractivity contribution is 7.92. The minimum atomic E-state index is -4.24. The van der Waals surface area contributed by atoms with E-state index in [0.29, 0.717) is 0 Å². The fourth-order valence-corrected chi connectivity index (χ4v) is 2.71. The van der Waals surface area contributed by atoms with Crippen molar-refractivity contribution in [1.29, 1.82) is 5.26 Å². The molecule has 1 aromatic heterocycles. The summed E-state index contributed by atoms with van der Waals surface area (Å²) < 4.78 is 39.6. The Balaban J connectivity index is 2.47. The van der Waals surface area contributed by atoms with Crippen molar-refractivity contribution in [2.24, 2.45) is 0 Å². The quantitative estimate of drug-likeness (QED) is 0.944. The van der Waals surface area contributed by atoms with Gasteiger partial charge in [0.1, 0.15) is 6.07 Å². The van der Waals surface area contributed by atoms with Gasteiger partial charge in [-0.15, -0.1) is 0 Å². The van der Waals surface area contributed by atoms with Gasteiger partial charge in [-0.3, -0.25) is 4.72 Å². The van der Waals surface area contributed by atoms with Crippen molar-refractivity contribution in [2.45, 2.75) is 5.03 Å². The summed E-state index contributed by atoms with van der Waals surface area (Å²) in [4.78, 5) is 3.48. The summed E-state index contributed by atoms with van der Waals surface area (Å²) in [6, 6.07) is 8.12. The second-order valence-electron chi connectivity index (χ2n) is 3.70. The number of aromatic nitrogens is 1. The van der Waals surface area contributed by atoms with E-state index in [1.165, 1.54) is 24.3 Å². The molecule has 0 aliphatic rings. The number of sulfonamides is 1. The predicted molar refractivity (Wildman–Crippen MR) is 71.2 cm³/mol. The predicted octanol–water partition coefficient (Wildman–Crippen LogP) is 2.55. The van der Waals surface area contributed by atoms with E-state index < -0.39 is 20.9 Å². The van der Waals surface area contributed by atoms with Crippen LogP contribution < -0.4 is 4.72 Å². The van der Waals surface area contributed by atoms with E-state index in [9.17, 15) is 12.8 Å². The van der Waals surface area contributed by atoms with Crippen LogP contribution in [0.3, 0.4) is 0 Å². The molecule has 8 heteroatoms. The number of rotatable bonds is 3. The van der Waals surface area contributed by atoms with Crippen molar-refractivity contribution in [3.8, 4) is 6.07 Å². The molecule has 0 spiro atoms. The number of hydrogen-bond acceptors (Lipinski definition) is 4. The first-order valence-electron chi connectivity index (χ1n) is 5.27. The molecule has 0 bridgehead atoms. The molecule has 0 atom stereocenters. The van der Waals surface area contributed by atoms with Gasteiger partial charge in [-0.1, -0.05) is 11.6 Å². The summed E-state index contributed by atoms with van der Waals surface area (Å²) >= 11 is 5.75. The van der Waals surface area contributed by atoms with Gasteiger partial charge < -0.3 is 0 Å². The number of benzene rings is 1. The molecule has 0 radical (unpaired) electrons. The third-order valence-electron chi connectivity index (χ3n) is 2.33. The van der Waals surface area contributed by atoms with Crippen LogP contribution in [-0.4, -0.2) is 13.4 Å². The zero-order valence-electron chi connectivity index (χ0n) is 9.84. The highest BCUT2D eigenvalue weighted by atomic mass is 35.5. The van der Waals surface area contributed by atoms with Gasteiger partial charge in [0, 0.05) is 11.2 Å². The van der Waals surface area contributed by atoms with Crippen LogP contribution in [0.25, 0.3) is 0 Å². The first-order valence-corrected chi connectivity index (χ1v) is 7.13. The highest BCUT2D eigenvalue weighted by Crippen LogP contribution is 2.23. The molecule has 0 saturated heterocycles. The number of halogens is 2. The maximum atomic E-state index is 13.5. The first kappa shape index (κ1) is 14.2. The van der Waals surface area contributed by atoms with Gasteiger partial charge in [-0.05, 0) is 30.3 Å². The van der Waals surface area contributed by atoms with Gasteiger partial charge in [0.15, 0.2) is 5.82 Å². The van der Waals surface area contributed by atoms with Crippen LogP contribution in [0.15, 0.2) is 41.6 Å². The van der Waals surface area contributed by atoms with Crippen molar-refractivity contribution in [1.82, 2.24) is 4.98 Å². The topological polar surface area (TPSA) is 82.9 Å². The van der Waals surface area contributed by atoms with Crippen molar-refractivity contribution < 1.29 is 12.8 Å². The molecule has 5 nitrogen and oxygen atoms in total. The average Bonchev–Trinajstić information content (AvgIpc) is 2.39. The van der Waals surface area contributed by atoms with Crippen molar-refractivity contribution in [2.75, 3.05) is 4.72 Å². The summed E-state index contributed by atoms with van der Waals surface area (Å²) in [5.74, 6) is -0.986. The van der Waals surface area contributed by atoms with Crippen LogP contribution in [0.1, 0.15) is 5.56 Å². The third kappa shape index (κ3) is 2.87. The number of nitrogens with zero attached hydrogens (tertiary/aromatic N) is 2. The number of pyridine rings is 1. The lowest BCUT2D eigenvalue weighted by molar-refractivity contribution is 0.557. The monoisotopic (exact) mass is 311 g/mol. The smallest absolute Gasteiger partial charge is 0.277 e. The van der Waals surface area contributed by atoms with Crippen molar-refractivity contribution >= 4 is 27.3 Å². The molecule has 0 aliphatic heterocycles. The molecular formula is C12H7ClFN3O2S. The van der Waals surface area contributed by atoms with Crippen molar-refractivity contribution in [3.63, 3.8) is 0 Å². The number of nitrogens with one attached hydrogen (secondary N) is 1. The Morgan fingerprint density at radius 3 is 2.75 bits per heavy atom. The molecule has 1 heterocycles. The van der Waals surface area contributed by atoms with E-state index in [4.69, 9.17) is 16.9 Å². The molecule has 0 fully saturated rings. The molecule has 2 rings (SSSR count). The maximum absolute atomic E-state index is 13.5. The van der Waals surface area contributed by atoms with E-state index in [-0.39, 0.29) is 16.3 Å². The molecule has 0 amide bonds. The van der Waals surface area contributed by atoms with Gasteiger partial charge in [-0.2, -0.15) is 13.7 Å². The Labute approximate surface area is 119 Å². The molecule has 1 aromatic carbocycles. The van der Waals surface area contributed by atoms with Gasteiger partial charge in [0.2, 0.25) is 5.03 Å². The SMILES string of the molecule is N#Cc1ccc(Cl)cc1NS(=O)(=O)c1ncccc1F. The lowest BCUT2D eigenvalue weighted by Crippen LogP contribution is -2.16. The normalized spacial score (nSPS) is 10.8. The Kier molecular flexibility index (Phi) is 3.88. The Morgan fingerprint density at radius 1 is 1.35 bits per heavy atom. The summed E-state index contributed by atoms with van der Waals surface area (Å²) in [6.07, 6.45) is 1.15. The lowest BCUT2D eigenvalue weighted by Gasteiger charge is -2.09. The molecule has 0 aliphatic carbocycles. The molecular weight excluding hydrogens is 305 g/mol. The molecule has 0 saturated carbocycles. The molecule has 20 heavy (non-hydrogen) atoms. The van der Waals surface area contributed by atoms with Crippen LogP contribution in [-0.2, 0) is 10.0 Å². The van der Waals surface area contributed by atoms with Crippen LogP contribution in [0.5, 0.6) is 0 Å². The van der Waals surface area contributed by atoms with Gasteiger partial charge in [-0.25, -0.2) is 9.37 Å². The van der Waals surface area contributed by atoms with Gasteiger partial charge >= 0.3 is 0 Å². The van der Waals surface area contributed by atoms with E-state index >= 15 is 0 Å². The summed E-state index contributed by atoms with van der Waals surface area (Å²) in [5, 5.41) is 8.41. The second kappa shape index (κ2) is 5.45. The van der Waals surface area contributed by atoms with Gasteiger partial charge in [0.25, 0.3) is 10.0 Å². The fourth-order valence-electron chi connectivity index (χ4n) is 1.46. The number of anilines is 1. The molecule has 1 N–H and O–H groups in total. The highest BCUT2D eigenvalue weighted by Gasteiger charge is 2.21. The number of nitriles is 1. The standard InChI is InChI=1S/C12H7ClFN3O2S/c13-9-4-3-8(7-15)11(6-9)17-20(18,19)12-10(14)2-1-5-16-12/h1-6,17H. The Hall–Kier alpha value is -2.17. The number of hydrogen-bond donors (Lipinski definition) is 1. The third-order valence-corrected chi connectivity index (χ3v) is 3.86. The summed E-state index contributed by atoms with van der Waals surface area (Å²) in [7, 11) is -4.24. The second-order valence-corrected chi connectivity index (χ2v) is 5.73. The van der Waals surface area contributed by atoms with Gasteiger partial charge in [0.05, 0.1) is 11.3 Å². The largest absolute Gasteiger partial charge is 0.282 e. The zero-order chi connectivity index (χ0) is 14.8. The van der Waals surface area contributed by atoms with E-state index in [1.54, 1.807) is 0 Å². The van der Waals surface area contributed by atoms with Crippen LogP contribution in [0, 0.1) is 17.1 Å². The van der Waals surface area contributed by atoms with Crippen LogP contribution >= 0.6 is 11.6 Å². The Morgan fingerprint density at radius 2 is 2.10 bits per heavy atom. The summed E-state index contributed by atoms with van der Waals surface area (Å²) in [6.45, 7) is 0. The molecule has 0 unspecified atom stereocenters. The summed E-state index contributed by atoms with van der Waals surface area (Å²) in [5.41, 5.74) is 0.0272. The average molecular weight is 312 g/mol. The van der Waals surface area contributed by atoms with E-state index in [1.807, 2.05) is 6.07 Å². The molecule has 102 valence electrons. The lowest BCUT2D eigenvalue weighted by atomic mass is 10.2. The fraction of sp³-hybridized carbons (Fsp3) is 0. The molecule has 2 aromatic rings. The zero-order valence-corrected chi connectivity index (χ0v) is 11.4. The van der Waals surface area contributed by atoms with E-state index in [2.05, 4.69) is 9.71 Å². The minimum Gasteiger partial charge on any atom is -0.277 e. The Bertz CT molecular complexity index is 803. The first-order chi connectivity index (χ1) is 9.44. The van der Waals surface area contributed by atoms with Crippen LogP contribution in [0.2, 0.25) is 5.02 Å². The van der Waals surface area contributed by atoms with Crippen molar-refractivity contribution in [3.05, 3.63) is 52.9 Å². The minimum absolute atomic E-state index is 0.0370. The maximum Gasteiger partial charge on any atom is 0.282 e. The van der Waals surface area contributed by atoms with E-state index in [0.717, 1.165) is 12.3 Å². The van der Waals surface area contributed by atoms with Crippen LogP contribution in [0.4, 0.5) is 10.1 Å².